The summed E-state index contributed by atoms with van der Waals surface area (Å²) in [5.74, 6) is 2.43. The first kappa shape index (κ1) is 20.8. The monoisotopic (exact) mass is 424 g/mol. The molecule has 0 unspecified atom stereocenters. The lowest BCUT2D eigenvalue weighted by atomic mass is 10.0. The van der Waals surface area contributed by atoms with Gasteiger partial charge in [-0.2, -0.15) is 0 Å². The summed E-state index contributed by atoms with van der Waals surface area (Å²) < 4.78 is 11.9. The van der Waals surface area contributed by atoms with E-state index < -0.39 is 0 Å². The van der Waals surface area contributed by atoms with Crippen molar-refractivity contribution in [2.75, 3.05) is 51.8 Å². The molecule has 1 aliphatic carbocycles. The second-order valence-corrected chi connectivity index (χ2v) is 9.29. The predicted octanol–water partition coefficient (Wildman–Crippen LogP) is 3.97. The first-order valence-corrected chi connectivity index (χ1v) is 12.1. The molecule has 2 aromatic rings. The Morgan fingerprint density at radius 2 is 2.03 bits per heavy atom. The molecule has 1 saturated heterocycles. The summed E-state index contributed by atoms with van der Waals surface area (Å²) in [7, 11) is 1.73. The van der Waals surface area contributed by atoms with E-state index >= 15 is 0 Å². The maximum Gasteiger partial charge on any atom is 0.163 e. The lowest BCUT2D eigenvalue weighted by Gasteiger charge is -2.19. The van der Waals surface area contributed by atoms with Gasteiger partial charge in [0, 0.05) is 36.8 Å². The fourth-order valence-electron chi connectivity index (χ4n) is 4.89. The van der Waals surface area contributed by atoms with E-state index in [9.17, 15) is 0 Å². The van der Waals surface area contributed by atoms with E-state index in [4.69, 9.17) is 14.5 Å². The Kier molecular flexibility index (Phi) is 6.46. The van der Waals surface area contributed by atoms with Gasteiger partial charge < -0.3 is 25.0 Å². The van der Waals surface area contributed by atoms with Crippen molar-refractivity contribution in [3.63, 3.8) is 0 Å². The molecular weight excluding hydrogens is 388 g/mol. The van der Waals surface area contributed by atoms with E-state index in [0.717, 1.165) is 73.8 Å². The van der Waals surface area contributed by atoms with Crippen LogP contribution in [0.2, 0.25) is 0 Å². The number of pyridine rings is 1. The van der Waals surface area contributed by atoms with Crippen LogP contribution in [-0.2, 0) is 13.0 Å². The number of aromatic nitrogens is 1. The van der Waals surface area contributed by atoms with Crippen LogP contribution >= 0.6 is 0 Å². The van der Waals surface area contributed by atoms with Gasteiger partial charge in [0.15, 0.2) is 11.5 Å². The molecule has 168 valence electrons. The number of hydrogen-bond acceptors (Lipinski definition) is 6. The average molecular weight is 425 g/mol. The van der Waals surface area contributed by atoms with Gasteiger partial charge in [-0.15, -0.1) is 0 Å². The number of rotatable bonds is 9. The van der Waals surface area contributed by atoms with Crippen LogP contribution in [-0.4, -0.2) is 56.3 Å². The SMILES string of the molecule is COc1cc2c(NCC3CC3)c3c(nc2cc1OCCCN1CCCC1)CNCCC3. The van der Waals surface area contributed by atoms with Crippen LogP contribution < -0.4 is 20.1 Å². The summed E-state index contributed by atoms with van der Waals surface area (Å²) in [4.78, 5) is 7.59. The molecule has 3 heterocycles. The Morgan fingerprint density at radius 1 is 1.16 bits per heavy atom. The molecule has 2 aliphatic heterocycles. The van der Waals surface area contributed by atoms with Gasteiger partial charge in [-0.3, -0.25) is 4.98 Å². The van der Waals surface area contributed by atoms with E-state index in [2.05, 4.69) is 27.7 Å². The highest BCUT2D eigenvalue weighted by Crippen LogP contribution is 2.39. The Morgan fingerprint density at radius 3 is 2.84 bits per heavy atom. The number of nitrogens with one attached hydrogen (secondary N) is 2. The fraction of sp³-hybridized carbons (Fsp3) is 0.640. The highest BCUT2D eigenvalue weighted by atomic mass is 16.5. The van der Waals surface area contributed by atoms with E-state index in [1.54, 1.807) is 7.11 Å². The van der Waals surface area contributed by atoms with Crippen molar-refractivity contribution in [2.24, 2.45) is 5.92 Å². The van der Waals surface area contributed by atoms with Crippen LogP contribution in [0.25, 0.3) is 10.9 Å². The smallest absolute Gasteiger partial charge is 0.163 e. The second-order valence-electron chi connectivity index (χ2n) is 9.29. The Labute approximate surface area is 185 Å². The number of anilines is 1. The largest absolute Gasteiger partial charge is 0.493 e. The summed E-state index contributed by atoms with van der Waals surface area (Å²) in [6, 6.07) is 4.21. The lowest BCUT2D eigenvalue weighted by molar-refractivity contribution is 0.254. The van der Waals surface area contributed by atoms with Gasteiger partial charge in [0.25, 0.3) is 0 Å². The summed E-state index contributed by atoms with van der Waals surface area (Å²) in [5, 5.41) is 8.47. The Balaban J connectivity index is 1.40. The van der Waals surface area contributed by atoms with E-state index in [1.165, 1.54) is 55.7 Å². The summed E-state index contributed by atoms with van der Waals surface area (Å²) in [6.07, 6.45) is 8.61. The Bertz CT molecular complexity index is 906. The number of methoxy groups -OCH3 is 1. The van der Waals surface area contributed by atoms with Gasteiger partial charge in [-0.1, -0.05) is 0 Å². The molecule has 6 nitrogen and oxygen atoms in total. The molecular formula is C25H36N4O2. The number of ether oxygens (including phenoxy) is 2. The number of fused-ring (bicyclic) bond motifs is 2. The molecule has 0 amide bonds. The third-order valence-electron chi connectivity index (χ3n) is 6.87. The molecule has 5 rings (SSSR count). The third-order valence-corrected chi connectivity index (χ3v) is 6.87. The van der Waals surface area contributed by atoms with Crippen molar-refractivity contribution in [3.05, 3.63) is 23.4 Å². The predicted molar refractivity (Wildman–Crippen MR) is 125 cm³/mol. The molecule has 0 spiro atoms. The zero-order valence-electron chi connectivity index (χ0n) is 18.8. The van der Waals surface area contributed by atoms with E-state index in [-0.39, 0.29) is 0 Å². The molecule has 1 saturated carbocycles. The molecule has 2 fully saturated rings. The van der Waals surface area contributed by atoms with Crippen LogP contribution in [0.1, 0.15) is 49.8 Å². The van der Waals surface area contributed by atoms with Crippen molar-refractivity contribution in [1.82, 2.24) is 15.2 Å². The van der Waals surface area contributed by atoms with Crippen LogP contribution in [0, 0.1) is 5.92 Å². The van der Waals surface area contributed by atoms with E-state index in [1.807, 2.05) is 0 Å². The van der Waals surface area contributed by atoms with Crippen molar-refractivity contribution in [3.8, 4) is 11.5 Å². The molecule has 0 radical (unpaired) electrons. The summed E-state index contributed by atoms with van der Waals surface area (Å²) >= 11 is 0. The minimum Gasteiger partial charge on any atom is -0.493 e. The fourth-order valence-corrected chi connectivity index (χ4v) is 4.89. The number of nitrogens with zero attached hydrogens (tertiary/aromatic N) is 2. The van der Waals surface area contributed by atoms with Gasteiger partial charge in [0.05, 0.1) is 24.9 Å². The second kappa shape index (κ2) is 9.61. The van der Waals surface area contributed by atoms with Crippen LogP contribution in [0.15, 0.2) is 12.1 Å². The van der Waals surface area contributed by atoms with Gasteiger partial charge in [-0.25, -0.2) is 0 Å². The van der Waals surface area contributed by atoms with Gasteiger partial charge in [0.2, 0.25) is 0 Å². The van der Waals surface area contributed by atoms with Crippen molar-refractivity contribution in [1.29, 1.82) is 0 Å². The number of benzene rings is 1. The molecule has 1 aromatic carbocycles. The highest BCUT2D eigenvalue weighted by Gasteiger charge is 2.24. The quantitative estimate of drug-likeness (QED) is 0.594. The molecule has 1 aromatic heterocycles. The zero-order chi connectivity index (χ0) is 21.0. The van der Waals surface area contributed by atoms with Crippen molar-refractivity contribution >= 4 is 16.6 Å². The first-order chi connectivity index (χ1) is 15.3. The average Bonchev–Trinajstić information content (AvgIpc) is 3.53. The molecule has 3 aliphatic rings. The van der Waals surface area contributed by atoms with Crippen molar-refractivity contribution < 1.29 is 9.47 Å². The van der Waals surface area contributed by atoms with Crippen molar-refractivity contribution in [2.45, 2.75) is 51.5 Å². The normalized spacial score (nSPS) is 19.3. The van der Waals surface area contributed by atoms with E-state index in [0.29, 0.717) is 6.61 Å². The highest BCUT2D eigenvalue weighted by molar-refractivity contribution is 5.95. The molecule has 0 atom stereocenters. The number of hydrogen-bond donors (Lipinski definition) is 2. The standard InChI is InChI=1S/C25H36N4O2/c1-30-23-14-20-21(15-24(23)31-13-5-12-29-10-2-3-11-29)28-22-17-26-9-4-6-19(22)25(20)27-16-18-7-8-18/h14-15,18,26H,2-13,16-17H2,1H3,(H,27,28). The molecule has 6 heteroatoms. The lowest BCUT2D eigenvalue weighted by Crippen LogP contribution is -2.21. The zero-order valence-corrected chi connectivity index (χ0v) is 18.8. The Hall–Kier alpha value is -2.05. The van der Waals surface area contributed by atoms with Crippen LogP contribution in [0.4, 0.5) is 5.69 Å². The third kappa shape index (κ3) is 4.90. The topological polar surface area (TPSA) is 58.6 Å². The van der Waals surface area contributed by atoms with Gasteiger partial charge >= 0.3 is 0 Å². The van der Waals surface area contributed by atoms with Gasteiger partial charge in [-0.05, 0) is 82.1 Å². The minimum absolute atomic E-state index is 0.706. The van der Waals surface area contributed by atoms with Crippen LogP contribution in [0.5, 0.6) is 11.5 Å². The minimum atomic E-state index is 0.706. The number of likely N-dealkylation sites (tertiary alicyclic amines) is 1. The van der Waals surface area contributed by atoms with Crippen LogP contribution in [0.3, 0.4) is 0 Å². The molecule has 2 N–H and O–H groups in total. The molecule has 31 heavy (non-hydrogen) atoms. The summed E-state index contributed by atoms with van der Waals surface area (Å²) in [5.41, 5.74) is 4.80. The maximum absolute atomic E-state index is 6.19. The maximum atomic E-state index is 6.19. The summed E-state index contributed by atoms with van der Waals surface area (Å²) in [6.45, 7) is 7.22. The van der Waals surface area contributed by atoms with Gasteiger partial charge in [0.1, 0.15) is 0 Å². The first-order valence-electron chi connectivity index (χ1n) is 12.1. The molecule has 0 bridgehead atoms.